The second-order valence-corrected chi connectivity index (χ2v) is 8.71. The summed E-state index contributed by atoms with van der Waals surface area (Å²) in [5.41, 5.74) is 0.843. The largest absolute Gasteiger partial charge is 0.343 e. The standard InChI is InChI=1S/C22H24Cl2N4O3/c1-13-8-14(2)12-28(11-13)22(31)17-9-15(23)5-6-18(17)27-19(29)10-26-21(30)16-4-3-7-25-20(16)24/h3-7,9,13-14H,8,10-12H2,1-2H3,(H,26,30)(H,27,29)/t13-,14+. The fraction of sp³-hybridized carbons (Fsp3) is 0.364. The van der Waals surface area contributed by atoms with E-state index in [0.717, 1.165) is 6.42 Å². The number of aromatic nitrogens is 1. The summed E-state index contributed by atoms with van der Waals surface area (Å²) in [6, 6.07) is 7.83. The summed E-state index contributed by atoms with van der Waals surface area (Å²) < 4.78 is 0. The number of piperidine rings is 1. The third kappa shape index (κ3) is 5.95. The summed E-state index contributed by atoms with van der Waals surface area (Å²) >= 11 is 12.0. The van der Waals surface area contributed by atoms with Gasteiger partial charge in [-0.1, -0.05) is 37.0 Å². The highest BCUT2D eigenvalue weighted by atomic mass is 35.5. The van der Waals surface area contributed by atoms with Crippen LogP contribution in [0.25, 0.3) is 0 Å². The molecule has 1 saturated heterocycles. The number of rotatable bonds is 5. The maximum Gasteiger partial charge on any atom is 0.256 e. The Hall–Kier alpha value is -2.64. The molecule has 2 aromatic rings. The molecule has 1 fully saturated rings. The molecule has 0 spiro atoms. The summed E-state index contributed by atoms with van der Waals surface area (Å²) in [4.78, 5) is 43.5. The molecule has 0 aliphatic carbocycles. The smallest absolute Gasteiger partial charge is 0.256 e. The lowest BCUT2D eigenvalue weighted by atomic mass is 9.91. The maximum atomic E-state index is 13.2. The van der Waals surface area contributed by atoms with Gasteiger partial charge in [-0.3, -0.25) is 14.4 Å². The van der Waals surface area contributed by atoms with Gasteiger partial charge in [-0.25, -0.2) is 4.98 Å². The predicted molar refractivity (Wildman–Crippen MR) is 121 cm³/mol. The quantitative estimate of drug-likeness (QED) is 0.659. The molecular formula is C22H24Cl2N4O3. The summed E-state index contributed by atoms with van der Waals surface area (Å²) in [6.45, 7) is 5.26. The Morgan fingerprint density at radius 3 is 2.48 bits per heavy atom. The third-order valence-corrected chi connectivity index (χ3v) is 5.59. The number of nitrogens with one attached hydrogen (secondary N) is 2. The van der Waals surface area contributed by atoms with Gasteiger partial charge < -0.3 is 15.5 Å². The highest BCUT2D eigenvalue weighted by Crippen LogP contribution is 2.27. The van der Waals surface area contributed by atoms with E-state index in [1.165, 1.54) is 12.3 Å². The van der Waals surface area contributed by atoms with E-state index < -0.39 is 11.8 Å². The second-order valence-electron chi connectivity index (χ2n) is 7.92. The van der Waals surface area contributed by atoms with Gasteiger partial charge >= 0.3 is 0 Å². The van der Waals surface area contributed by atoms with Crippen molar-refractivity contribution in [2.75, 3.05) is 25.0 Å². The zero-order chi connectivity index (χ0) is 22.5. The maximum absolute atomic E-state index is 13.2. The fourth-order valence-corrected chi connectivity index (χ4v) is 4.18. The van der Waals surface area contributed by atoms with Crippen LogP contribution in [-0.4, -0.2) is 47.2 Å². The van der Waals surface area contributed by atoms with Crippen molar-refractivity contribution in [2.45, 2.75) is 20.3 Å². The minimum atomic E-state index is -0.517. The van der Waals surface area contributed by atoms with Crippen molar-refractivity contribution in [1.82, 2.24) is 15.2 Å². The average molecular weight is 463 g/mol. The Morgan fingerprint density at radius 1 is 1.10 bits per heavy atom. The van der Waals surface area contributed by atoms with Crippen LogP contribution in [0.2, 0.25) is 10.2 Å². The molecule has 2 heterocycles. The van der Waals surface area contributed by atoms with Crippen molar-refractivity contribution < 1.29 is 14.4 Å². The first-order chi connectivity index (χ1) is 14.7. The molecule has 3 rings (SSSR count). The number of carbonyl (C=O) groups is 3. The Labute approximate surface area is 191 Å². The number of likely N-dealkylation sites (tertiary alicyclic amines) is 1. The number of benzene rings is 1. The summed E-state index contributed by atoms with van der Waals surface area (Å²) in [6.07, 6.45) is 2.54. The molecule has 2 N–H and O–H groups in total. The average Bonchev–Trinajstić information content (AvgIpc) is 2.72. The van der Waals surface area contributed by atoms with Crippen LogP contribution in [0.15, 0.2) is 36.5 Å². The molecule has 31 heavy (non-hydrogen) atoms. The monoisotopic (exact) mass is 462 g/mol. The zero-order valence-corrected chi connectivity index (χ0v) is 18.8. The van der Waals surface area contributed by atoms with Crippen LogP contribution in [0.1, 0.15) is 41.0 Å². The van der Waals surface area contributed by atoms with E-state index in [1.807, 2.05) is 0 Å². The van der Waals surface area contributed by atoms with Crippen LogP contribution in [0, 0.1) is 11.8 Å². The van der Waals surface area contributed by atoms with Gasteiger partial charge in [0.1, 0.15) is 5.15 Å². The van der Waals surface area contributed by atoms with Gasteiger partial charge in [0, 0.05) is 24.3 Å². The molecule has 9 heteroatoms. The van der Waals surface area contributed by atoms with Crippen LogP contribution in [0.4, 0.5) is 5.69 Å². The molecule has 1 aromatic heterocycles. The molecule has 0 radical (unpaired) electrons. The third-order valence-electron chi connectivity index (χ3n) is 5.06. The van der Waals surface area contributed by atoms with E-state index in [1.54, 1.807) is 29.2 Å². The molecule has 2 atom stereocenters. The minimum Gasteiger partial charge on any atom is -0.343 e. The second kappa shape index (κ2) is 10.1. The van der Waals surface area contributed by atoms with Gasteiger partial charge in [0.25, 0.3) is 11.8 Å². The Morgan fingerprint density at radius 2 is 1.81 bits per heavy atom. The van der Waals surface area contributed by atoms with Gasteiger partial charge in [-0.2, -0.15) is 0 Å². The van der Waals surface area contributed by atoms with Crippen molar-refractivity contribution in [2.24, 2.45) is 11.8 Å². The Balaban J connectivity index is 1.69. The molecule has 3 amide bonds. The van der Waals surface area contributed by atoms with E-state index in [2.05, 4.69) is 29.5 Å². The lowest BCUT2D eigenvalue weighted by Gasteiger charge is -2.35. The van der Waals surface area contributed by atoms with E-state index >= 15 is 0 Å². The van der Waals surface area contributed by atoms with Gasteiger partial charge in [-0.05, 0) is 48.6 Å². The van der Waals surface area contributed by atoms with Gasteiger partial charge in [0.2, 0.25) is 5.91 Å². The molecule has 0 saturated carbocycles. The first kappa shape index (κ1) is 23.0. The Kier molecular flexibility index (Phi) is 7.51. The number of carbonyl (C=O) groups excluding carboxylic acids is 3. The van der Waals surface area contributed by atoms with Crippen molar-refractivity contribution in [3.63, 3.8) is 0 Å². The van der Waals surface area contributed by atoms with Crippen LogP contribution in [-0.2, 0) is 4.79 Å². The van der Waals surface area contributed by atoms with Crippen LogP contribution < -0.4 is 10.6 Å². The molecule has 164 valence electrons. The molecule has 0 unspecified atom stereocenters. The normalized spacial score (nSPS) is 18.4. The van der Waals surface area contributed by atoms with Gasteiger partial charge in [0.15, 0.2) is 0 Å². The molecular weight excluding hydrogens is 439 g/mol. The number of nitrogens with zero attached hydrogens (tertiary/aromatic N) is 2. The number of hydrogen-bond donors (Lipinski definition) is 2. The number of pyridine rings is 1. The molecule has 1 aliphatic heterocycles. The highest BCUT2D eigenvalue weighted by molar-refractivity contribution is 6.32. The van der Waals surface area contributed by atoms with Crippen molar-refractivity contribution in [3.05, 3.63) is 57.8 Å². The van der Waals surface area contributed by atoms with Gasteiger partial charge in [0.05, 0.1) is 23.4 Å². The molecule has 1 aromatic carbocycles. The lowest BCUT2D eigenvalue weighted by molar-refractivity contribution is -0.115. The summed E-state index contributed by atoms with van der Waals surface area (Å²) in [5.74, 6) is -0.372. The first-order valence-corrected chi connectivity index (χ1v) is 10.8. The fourth-order valence-electron chi connectivity index (χ4n) is 3.81. The van der Waals surface area contributed by atoms with E-state index in [-0.39, 0.29) is 23.2 Å². The van der Waals surface area contributed by atoms with Crippen LogP contribution >= 0.6 is 23.2 Å². The number of anilines is 1. The van der Waals surface area contributed by atoms with Crippen molar-refractivity contribution in [1.29, 1.82) is 0 Å². The van der Waals surface area contributed by atoms with Crippen LogP contribution in [0.3, 0.4) is 0 Å². The number of amides is 3. The number of halogens is 2. The lowest BCUT2D eigenvalue weighted by Crippen LogP contribution is -2.43. The van der Waals surface area contributed by atoms with Crippen molar-refractivity contribution >= 4 is 46.6 Å². The molecule has 7 nitrogen and oxygen atoms in total. The molecule has 0 bridgehead atoms. The predicted octanol–water partition coefficient (Wildman–Crippen LogP) is 3.88. The zero-order valence-electron chi connectivity index (χ0n) is 17.3. The highest BCUT2D eigenvalue weighted by Gasteiger charge is 2.28. The van der Waals surface area contributed by atoms with E-state index in [9.17, 15) is 14.4 Å². The summed E-state index contributed by atoms with van der Waals surface area (Å²) in [7, 11) is 0. The van der Waals surface area contributed by atoms with Gasteiger partial charge in [-0.15, -0.1) is 0 Å². The topological polar surface area (TPSA) is 91.4 Å². The Bertz CT molecular complexity index is 988. The van der Waals surface area contributed by atoms with Crippen LogP contribution in [0.5, 0.6) is 0 Å². The molecule has 1 aliphatic rings. The van der Waals surface area contributed by atoms with E-state index in [4.69, 9.17) is 23.2 Å². The SMILES string of the molecule is C[C@@H]1C[C@H](C)CN(C(=O)c2cc(Cl)ccc2NC(=O)CNC(=O)c2cccnc2Cl)C1. The van der Waals surface area contributed by atoms with Crippen molar-refractivity contribution in [3.8, 4) is 0 Å². The minimum absolute atomic E-state index is 0.0518. The number of hydrogen-bond acceptors (Lipinski definition) is 4. The van der Waals surface area contributed by atoms with E-state index in [0.29, 0.717) is 41.2 Å². The first-order valence-electron chi connectivity index (χ1n) is 10.0. The summed E-state index contributed by atoms with van der Waals surface area (Å²) in [5, 5.41) is 5.64.